The van der Waals surface area contributed by atoms with Gasteiger partial charge in [-0.25, -0.2) is 4.98 Å². The lowest BCUT2D eigenvalue weighted by molar-refractivity contribution is 0.102. The molecule has 1 amide bonds. The number of hydrogen-bond donors (Lipinski definition) is 2. The second-order valence-electron chi connectivity index (χ2n) is 6.41. The highest BCUT2D eigenvalue weighted by atomic mass is 16.5. The van der Waals surface area contributed by atoms with E-state index >= 15 is 0 Å². The molecule has 0 atom stereocenters. The molecule has 1 aromatic heterocycles. The second-order valence-corrected chi connectivity index (χ2v) is 6.41. The number of hydrogen-bond acceptors (Lipinski definition) is 6. The summed E-state index contributed by atoms with van der Waals surface area (Å²) in [6.07, 6.45) is 2.73. The van der Waals surface area contributed by atoms with Crippen LogP contribution in [0.5, 0.6) is 17.2 Å². The smallest absolute Gasteiger partial charge is 0.274 e. The Labute approximate surface area is 160 Å². The molecule has 2 aromatic rings. The highest BCUT2D eigenvalue weighted by Gasteiger charge is 2.15. The Balaban J connectivity index is 2.08. The van der Waals surface area contributed by atoms with Crippen LogP contribution in [0.2, 0.25) is 0 Å². The zero-order valence-electron chi connectivity index (χ0n) is 16.5. The summed E-state index contributed by atoms with van der Waals surface area (Å²) < 4.78 is 15.9. The number of rotatable bonds is 9. The number of carbonyl (C=O) groups excluding carboxylic acids is 1. The fourth-order valence-corrected chi connectivity index (χ4v) is 2.49. The Morgan fingerprint density at radius 1 is 1.04 bits per heavy atom. The third kappa shape index (κ3) is 5.51. The van der Waals surface area contributed by atoms with Crippen molar-refractivity contribution in [2.24, 2.45) is 5.92 Å². The number of nitrogens with one attached hydrogen (secondary N) is 2. The highest BCUT2D eigenvalue weighted by molar-refractivity contribution is 6.03. The molecule has 146 valence electrons. The van der Waals surface area contributed by atoms with E-state index in [0.717, 1.165) is 18.7 Å². The molecule has 0 aliphatic heterocycles. The number of amides is 1. The van der Waals surface area contributed by atoms with Crippen molar-refractivity contribution in [3.63, 3.8) is 0 Å². The van der Waals surface area contributed by atoms with Crippen LogP contribution in [0.1, 0.15) is 30.8 Å². The topological polar surface area (TPSA) is 81.7 Å². The Morgan fingerprint density at radius 3 is 2.19 bits per heavy atom. The van der Waals surface area contributed by atoms with Crippen LogP contribution in [0.25, 0.3) is 0 Å². The Bertz CT molecular complexity index is 735. The Morgan fingerprint density at radius 2 is 1.70 bits per heavy atom. The van der Waals surface area contributed by atoms with E-state index in [0.29, 0.717) is 34.5 Å². The van der Waals surface area contributed by atoms with E-state index in [-0.39, 0.29) is 5.91 Å². The normalized spacial score (nSPS) is 10.4. The van der Waals surface area contributed by atoms with E-state index in [2.05, 4.69) is 29.5 Å². The third-order valence-electron chi connectivity index (χ3n) is 3.97. The Kier molecular flexibility index (Phi) is 7.28. The number of pyridine rings is 1. The van der Waals surface area contributed by atoms with E-state index in [4.69, 9.17) is 14.2 Å². The zero-order chi connectivity index (χ0) is 19.8. The molecule has 7 heteroatoms. The standard InChI is InChI=1S/C20H27N3O4/c1-13(2)8-9-21-14-6-7-16(22-12-14)20(24)23-15-10-17(25-3)19(27-5)18(11-15)26-4/h6-7,10-13,21H,8-9H2,1-5H3,(H,23,24). The number of aromatic nitrogens is 1. The first kappa shape index (κ1) is 20.4. The van der Waals surface area contributed by atoms with Gasteiger partial charge in [-0.15, -0.1) is 0 Å². The molecule has 0 saturated carbocycles. The molecule has 1 aromatic carbocycles. The Hall–Kier alpha value is -2.96. The van der Waals surface area contributed by atoms with E-state index in [1.54, 1.807) is 24.4 Å². The predicted molar refractivity (Wildman–Crippen MR) is 106 cm³/mol. The van der Waals surface area contributed by atoms with Gasteiger partial charge in [0.1, 0.15) is 5.69 Å². The molecule has 0 spiro atoms. The van der Waals surface area contributed by atoms with Gasteiger partial charge in [0.25, 0.3) is 5.91 Å². The minimum Gasteiger partial charge on any atom is -0.493 e. The summed E-state index contributed by atoms with van der Waals surface area (Å²) in [5, 5.41) is 6.09. The average Bonchev–Trinajstić information content (AvgIpc) is 2.67. The first-order valence-electron chi connectivity index (χ1n) is 8.79. The van der Waals surface area contributed by atoms with Crippen molar-refractivity contribution >= 4 is 17.3 Å². The molecule has 0 saturated heterocycles. The SMILES string of the molecule is COc1cc(NC(=O)c2ccc(NCCC(C)C)cn2)cc(OC)c1OC. The molecule has 0 aliphatic rings. The maximum Gasteiger partial charge on any atom is 0.274 e. The van der Waals surface area contributed by atoms with E-state index in [1.807, 2.05) is 6.07 Å². The van der Waals surface area contributed by atoms with E-state index in [1.165, 1.54) is 21.3 Å². The molecule has 7 nitrogen and oxygen atoms in total. The fourth-order valence-electron chi connectivity index (χ4n) is 2.49. The van der Waals surface area contributed by atoms with Crippen LogP contribution in [0.15, 0.2) is 30.5 Å². The summed E-state index contributed by atoms with van der Waals surface area (Å²) in [5.41, 5.74) is 1.73. The van der Waals surface area contributed by atoms with Crippen LogP contribution < -0.4 is 24.8 Å². The van der Waals surface area contributed by atoms with Gasteiger partial charge in [0.2, 0.25) is 5.75 Å². The molecule has 0 unspecified atom stereocenters. The second kappa shape index (κ2) is 9.66. The molecule has 0 bridgehead atoms. The molecular weight excluding hydrogens is 346 g/mol. The lowest BCUT2D eigenvalue weighted by Gasteiger charge is -2.14. The van der Waals surface area contributed by atoms with E-state index in [9.17, 15) is 4.79 Å². The number of carbonyl (C=O) groups is 1. The van der Waals surface area contributed by atoms with Gasteiger partial charge in [-0.1, -0.05) is 13.8 Å². The third-order valence-corrected chi connectivity index (χ3v) is 3.97. The monoisotopic (exact) mass is 373 g/mol. The molecule has 1 heterocycles. The first-order chi connectivity index (χ1) is 13.0. The maximum absolute atomic E-state index is 12.5. The number of benzene rings is 1. The average molecular weight is 373 g/mol. The number of nitrogens with zero attached hydrogens (tertiary/aromatic N) is 1. The zero-order valence-corrected chi connectivity index (χ0v) is 16.5. The lowest BCUT2D eigenvalue weighted by atomic mass is 10.1. The summed E-state index contributed by atoms with van der Waals surface area (Å²) >= 11 is 0. The summed E-state index contributed by atoms with van der Waals surface area (Å²) in [7, 11) is 4.57. The maximum atomic E-state index is 12.5. The minimum absolute atomic E-state index is 0.318. The quantitative estimate of drug-likeness (QED) is 0.695. The largest absolute Gasteiger partial charge is 0.493 e. The molecule has 0 aliphatic carbocycles. The van der Waals surface area contributed by atoms with Gasteiger partial charge < -0.3 is 24.8 Å². The summed E-state index contributed by atoms with van der Waals surface area (Å²) in [6.45, 7) is 5.23. The molecule has 2 N–H and O–H groups in total. The van der Waals surface area contributed by atoms with E-state index < -0.39 is 0 Å². The van der Waals surface area contributed by atoms with Crippen molar-refractivity contribution in [2.75, 3.05) is 38.5 Å². The highest BCUT2D eigenvalue weighted by Crippen LogP contribution is 2.39. The van der Waals surface area contributed by atoms with Crippen LogP contribution in [0.4, 0.5) is 11.4 Å². The van der Waals surface area contributed by atoms with Gasteiger partial charge in [0.05, 0.1) is 33.2 Å². The van der Waals surface area contributed by atoms with Gasteiger partial charge in [-0.3, -0.25) is 4.79 Å². The van der Waals surface area contributed by atoms with Crippen LogP contribution in [-0.2, 0) is 0 Å². The summed E-state index contributed by atoms with van der Waals surface area (Å²) in [5.74, 6) is 1.70. The number of anilines is 2. The summed E-state index contributed by atoms with van der Waals surface area (Å²) in [4.78, 5) is 16.7. The van der Waals surface area contributed by atoms with Gasteiger partial charge in [0.15, 0.2) is 11.5 Å². The van der Waals surface area contributed by atoms with Crippen LogP contribution >= 0.6 is 0 Å². The van der Waals surface area contributed by atoms with Crippen molar-refractivity contribution < 1.29 is 19.0 Å². The van der Waals surface area contributed by atoms with Crippen molar-refractivity contribution in [1.82, 2.24) is 4.98 Å². The molecule has 0 radical (unpaired) electrons. The van der Waals surface area contributed by atoms with Gasteiger partial charge in [-0.05, 0) is 24.5 Å². The van der Waals surface area contributed by atoms with Crippen LogP contribution in [0.3, 0.4) is 0 Å². The van der Waals surface area contributed by atoms with Crippen molar-refractivity contribution in [3.05, 3.63) is 36.2 Å². The van der Waals surface area contributed by atoms with Crippen LogP contribution in [-0.4, -0.2) is 38.8 Å². The minimum atomic E-state index is -0.321. The first-order valence-corrected chi connectivity index (χ1v) is 8.79. The molecule has 27 heavy (non-hydrogen) atoms. The summed E-state index contributed by atoms with van der Waals surface area (Å²) in [6, 6.07) is 6.87. The lowest BCUT2D eigenvalue weighted by Crippen LogP contribution is -2.14. The number of methoxy groups -OCH3 is 3. The van der Waals surface area contributed by atoms with Crippen LogP contribution in [0, 0.1) is 5.92 Å². The van der Waals surface area contributed by atoms with Crippen molar-refractivity contribution in [2.45, 2.75) is 20.3 Å². The molecular formula is C20H27N3O4. The molecule has 0 fully saturated rings. The predicted octanol–water partition coefficient (Wildman–Crippen LogP) is 3.82. The molecule has 2 rings (SSSR count). The van der Waals surface area contributed by atoms with Crippen molar-refractivity contribution in [1.29, 1.82) is 0 Å². The number of ether oxygens (including phenoxy) is 3. The van der Waals surface area contributed by atoms with Gasteiger partial charge in [-0.2, -0.15) is 0 Å². The van der Waals surface area contributed by atoms with Crippen molar-refractivity contribution in [3.8, 4) is 17.2 Å². The fraction of sp³-hybridized carbons (Fsp3) is 0.400. The van der Waals surface area contributed by atoms with Gasteiger partial charge in [0, 0.05) is 24.4 Å². The van der Waals surface area contributed by atoms with Gasteiger partial charge >= 0.3 is 0 Å².